The molecule has 2 aromatic carbocycles. The van der Waals surface area contributed by atoms with Crippen LogP contribution in [0.3, 0.4) is 0 Å². The molecule has 0 bridgehead atoms. The quantitative estimate of drug-likeness (QED) is 0.875. The van der Waals surface area contributed by atoms with Gasteiger partial charge >= 0.3 is 6.09 Å². The van der Waals surface area contributed by atoms with Gasteiger partial charge in [-0.15, -0.1) is 0 Å². The molecule has 3 rings (SSSR count). The molecule has 2 N–H and O–H groups in total. The molecule has 0 radical (unpaired) electrons. The minimum atomic E-state index is -0.369. The summed E-state index contributed by atoms with van der Waals surface area (Å²) in [7, 11) is 0. The first kappa shape index (κ1) is 16.3. The lowest BCUT2D eigenvalue weighted by Crippen LogP contribution is -2.28. The van der Waals surface area contributed by atoms with Crippen LogP contribution in [0, 0.1) is 0 Å². The number of nitrogens with one attached hydrogen (secondary N) is 2. The number of alkyl carbamates (subject to hydrolysis) is 1. The molecule has 1 aliphatic heterocycles. The van der Waals surface area contributed by atoms with E-state index in [1.54, 1.807) is 12.1 Å². The first-order valence-electron chi connectivity index (χ1n) is 7.65. The van der Waals surface area contributed by atoms with Gasteiger partial charge in [0.1, 0.15) is 6.61 Å². The van der Waals surface area contributed by atoms with Crippen molar-refractivity contribution in [2.75, 3.05) is 11.9 Å². The highest BCUT2D eigenvalue weighted by Crippen LogP contribution is 2.14. The maximum absolute atomic E-state index is 12.1. The predicted molar refractivity (Wildman–Crippen MR) is 92.2 cm³/mol. The summed E-state index contributed by atoms with van der Waals surface area (Å²) in [5.41, 5.74) is 2.72. The van der Waals surface area contributed by atoms with Crippen LogP contribution in [0.1, 0.15) is 11.1 Å². The van der Waals surface area contributed by atoms with Crippen molar-refractivity contribution < 1.29 is 14.3 Å². The van der Waals surface area contributed by atoms with E-state index in [1.165, 1.54) is 0 Å². The average molecular weight is 345 g/mol. The molecule has 0 spiro atoms. The van der Waals surface area contributed by atoms with E-state index >= 15 is 0 Å². The Labute approximate surface area is 145 Å². The highest BCUT2D eigenvalue weighted by molar-refractivity contribution is 6.30. The number of benzene rings is 2. The fourth-order valence-corrected chi connectivity index (χ4v) is 2.66. The van der Waals surface area contributed by atoms with Crippen molar-refractivity contribution >= 4 is 29.3 Å². The molecule has 5 nitrogen and oxygen atoms in total. The lowest BCUT2D eigenvalue weighted by Gasteiger charge is -2.09. The number of hydrogen-bond donors (Lipinski definition) is 2. The molecule has 0 unspecified atom stereocenters. The number of ether oxygens (including phenoxy) is 1. The molecule has 2 aromatic rings. The summed E-state index contributed by atoms with van der Waals surface area (Å²) >= 11 is 5.83. The standard InChI is InChI=1S/C18H17ClN2O3/c19-14-5-1-13(2-6-14)10-17(22)20-15-7-3-12(4-8-15)9-16-11-24-18(23)21-16/h1-8,16H,9-11H2,(H,20,22)(H,21,23)/t16-/m1/s1. The second kappa shape index (κ2) is 7.36. The van der Waals surface area contributed by atoms with Crippen molar-refractivity contribution in [1.82, 2.24) is 5.32 Å². The number of hydrogen-bond acceptors (Lipinski definition) is 3. The second-order valence-electron chi connectivity index (χ2n) is 5.69. The van der Waals surface area contributed by atoms with Crippen LogP contribution < -0.4 is 10.6 Å². The normalized spacial score (nSPS) is 16.4. The van der Waals surface area contributed by atoms with Gasteiger partial charge in [-0.05, 0) is 41.8 Å². The number of carbonyl (C=O) groups is 2. The Balaban J connectivity index is 1.52. The molecule has 24 heavy (non-hydrogen) atoms. The molecule has 1 aliphatic rings. The molecular weight excluding hydrogens is 328 g/mol. The molecule has 124 valence electrons. The molecular formula is C18H17ClN2O3. The molecule has 0 aromatic heterocycles. The average Bonchev–Trinajstić information content (AvgIpc) is 2.96. The summed E-state index contributed by atoms with van der Waals surface area (Å²) in [6.45, 7) is 0.387. The number of carbonyl (C=O) groups excluding carboxylic acids is 2. The number of anilines is 1. The van der Waals surface area contributed by atoms with Crippen LogP contribution in [0.2, 0.25) is 5.02 Å². The number of amides is 2. The van der Waals surface area contributed by atoms with Gasteiger partial charge in [-0.1, -0.05) is 35.9 Å². The molecule has 1 atom stereocenters. The van der Waals surface area contributed by atoms with Crippen molar-refractivity contribution in [3.63, 3.8) is 0 Å². The zero-order valence-corrected chi connectivity index (χ0v) is 13.7. The van der Waals surface area contributed by atoms with E-state index in [0.29, 0.717) is 24.5 Å². The molecule has 0 aliphatic carbocycles. The third-order valence-electron chi connectivity index (χ3n) is 3.74. The Bertz CT molecular complexity index is 729. The van der Waals surface area contributed by atoms with E-state index in [-0.39, 0.29) is 18.0 Å². The lowest BCUT2D eigenvalue weighted by atomic mass is 10.1. The van der Waals surface area contributed by atoms with E-state index < -0.39 is 0 Å². The Morgan fingerprint density at radius 3 is 2.42 bits per heavy atom. The molecule has 1 fully saturated rings. The third-order valence-corrected chi connectivity index (χ3v) is 3.99. The summed E-state index contributed by atoms with van der Waals surface area (Å²) in [6.07, 6.45) is 0.626. The Morgan fingerprint density at radius 1 is 1.12 bits per heavy atom. The van der Waals surface area contributed by atoms with Crippen LogP contribution in [0.25, 0.3) is 0 Å². The predicted octanol–water partition coefficient (Wildman–Crippen LogP) is 3.17. The van der Waals surface area contributed by atoms with E-state index in [2.05, 4.69) is 10.6 Å². The van der Waals surface area contributed by atoms with Crippen molar-refractivity contribution in [2.45, 2.75) is 18.9 Å². The highest BCUT2D eigenvalue weighted by Gasteiger charge is 2.22. The summed E-state index contributed by atoms with van der Waals surface area (Å²) in [5.74, 6) is -0.0819. The maximum Gasteiger partial charge on any atom is 0.407 e. The van der Waals surface area contributed by atoms with Gasteiger partial charge in [-0.3, -0.25) is 4.79 Å². The third kappa shape index (κ3) is 4.49. The van der Waals surface area contributed by atoms with Crippen molar-refractivity contribution in [3.8, 4) is 0 Å². The summed E-state index contributed by atoms with van der Waals surface area (Å²) < 4.78 is 4.86. The van der Waals surface area contributed by atoms with Gasteiger partial charge in [0.2, 0.25) is 5.91 Å². The van der Waals surface area contributed by atoms with Gasteiger partial charge in [-0.25, -0.2) is 4.79 Å². The maximum atomic E-state index is 12.1. The van der Waals surface area contributed by atoms with Crippen LogP contribution in [-0.4, -0.2) is 24.6 Å². The van der Waals surface area contributed by atoms with Crippen molar-refractivity contribution in [3.05, 3.63) is 64.7 Å². The minimum Gasteiger partial charge on any atom is -0.447 e. The number of rotatable bonds is 5. The molecule has 1 heterocycles. The smallest absolute Gasteiger partial charge is 0.407 e. The van der Waals surface area contributed by atoms with Crippen molar-refractivity contribution in [2.24, 2.45) is 0 Å². The van der Waals surface area contributed by atoms with E-state index in [1.807, 2.05) is 36.4 Å². The number of cyclic esters (lactones) is 1. The topological polar surface area (TPSA) is 67.4 Å². The van der Waals surface area contributed by atoms with E-state index in [4.69, 9.17) is 16.3 Å². The van der Waals surface area contributed by atoms with Gasteiger partial charge < -0.3 is 15.4 Å². The number of halogens is 1. The zero-order chi connectivity index (χ0) is 16.9. The molecule has 2 amide bonds. The van der Waals surface area contributed by atoms with Crippen LogP contribution in [-0.2, 0) is 22.4 Å². The lowest BCUT2D eigenvalue weighted by molar-refractivity contribution is -0.115. The van der Waals surface area contributed by atoms with Gasteiger partial charge in [0, 0.05) is 10.7 Å². The van der Waals surface area contributed by atoms with E-state index in [9.17, 15) is 9.59 Å². The monoisotopic (exact) mass is 344 g/mol. The van der Waals surface area contributed by atoms with Gasteiger partial charge in [0.25, 0.3) is 0 Å². The Hall–Kier alpha value is -2.53. The summed E-state index contributed by atoms with van der Waals surface area (Å²) in [6, 6.07) is 14.8. The van der Waals surface area contributed by atoms with Crippen LogP contribution in [0.4, 0.5) is 10.5 Å². The van der Waals surface area contributed by atoms with Gasteiger partial charge in [-0.2, -0.15) is 0 Å². The van der Waals surface area contributed by atoms with Crippen LogP contribution in [0.15, 0.2) is 48.5 Å². The minimum absolute atomic E-state index is 0.00264. The fraction of sp³-hybridized carbons (Fsp3) is 0.222. The van der Waals surface area contributed by atoms with Crippen LogP contribution in [0.5, 0.6) is 0 Å². The largest absolute Gasteiger partial charge is 0.447 e. The zero-order valence-electron chi connectivity index (χ0n) is 12.9. The van der Waals surface area contributed by atoms with Crippen molar-refractivity contribution in [1.29, 1.82) is 0 Å². The second-order valence-corrected chi connectivity index (χ2v) is 6.13. The molecule has 1 saturated heterocycles. The van der Waals surface area contributed by atoms with E-state index in [0.717, 1.165) is 16.8 Å². The molecule has 0 saturated carbocycles. The highest BCUT2D eigenvalue weighted by atomic mass is 35.5. The fourth-order valence-electron chi connectivity index (χ4n) is 2.54. The Morgan fingerprint density at radius 2 is 1.79 bits per heavy atom. The summed E-state index contributed by atoms with van der Waals surface area (Å²) in [5, 5.41) is 6.26. The molecule has 6 heteroatoms. The van der Waals surface area contributed by atoms with Gasteiger partial charge in [0.05, 0.1) is 12.5 Å². The SMILES string of the molecule is O=C(Cc1ccc(Cl)cc1)Nc1ccc(C[C@@H]2COC(=O)N2)cc1. The Kier molecular flexibility index (Phi) is 5.01. The summed E-state index contributed by atoms with van der Waals surface area (Å²) in [4.78, 5) is 23.1. The van der Waals surface area contributed by atoms with Crippen LogP contribution >= 0.6 is 11.6 Å². The first-order chi connectivity index (χ1) is 11.6. The van der Waals surface area contributed by atoms with Gasteiger partial charge in [0.15, 0.2) is 0 Å². The first-order valence-corrected chi connectivity index (χ1v) is 8.03.